The Morgan fingerprint density at radius 3 is 2.40 bits per heavy atom. The van der Waals surface area contributed by atoms with Gasteiger partial charge >= 0.3 is 5.97 Å². The minimum absolute atomic E-state index is 0.0637. The van der Waals surface area contributed by atoms with Crippen LogP contribution in [0.3, 0.4) is 0 Å². The van der Waals surface area contributed by atoms with Gasteiger partial charge in [0.05, 0.1) is 12.2 Å². The molecule has 0 saturated heterocycles. The first-order valence-electron chi connectivity index (χ1n) is 6.87. The van der Waals surface area contributed by atoms with Crippen LogP contribution in [0.4, 0.5) is 5.69 Å². The number of hydrogen-bond acceptors (Lipinski definition) is 4. The van der Waals surface area contributed by atoms with Gasteiger partial charge in [-0.15, -0.1) is 0 Å². The largest absolute Gasteiger partial charge is 0.462 e. The van der Waals surface area contributed by atoms with Crippen molar-refractivity contribution in [1.29, 1.82) is 0 Å². The Morgan fingerprint density at radius 2 is 1.90 bits per heavy atom. The van der Waals surface area contributed by atoms with Gasteiger partial charge in [-0.2, -0.15) is 0 Å². The quantitative estimate of drug-likeness (QED) is 0.749. The van der Waals surface area contributed by atoms with E-state index in [0.717, 1.165) is 6.42 Å². The number of esters is 1. The lowest BCUT2D eigenvalue weighted by Crippen LogP contribution is -2.21. The van der Waals surface area contributed by atoms with Crippen LogP contribution in [0, 0.1) is 5.92 Å². The molecule has 0 spiro atoms. The highest BCUT2D eigenvalue weighted by atomic mass is 16.5. The summed E-state index contributed by atoms with van der Waals surface area (Å²) in [6, 6.07) is 6.64. The van der Waals surface area contributed by atoms with Crippen LogP contribution in [0.25, 0.3) is 0 Å². The molecule has 0 aliphatic heterocycles. The molecule has 1 rings (SSSR count). The second-order valence-electron chi connectivity index (χ2n) is 4.56. The molecule has 0 aliphatic carbocycles. The molecule has 0 saturated carbocycles. The van der Waals surface area contributed by atoms with Crippen LogP contribution in [0.15, 0.2) is 24.3 Å². The zero-order valence-corrected chi connectivity index (χ0v) is 12.0. The van der Waals surface area contributed by atoms with Crippen molar-refractivity contribution in [3.05, 3.63) is 29.8 Å². The summed E-state index contributed by atoms with van der Waals surface area (Å²) in [5.74, 6) is -0.223. The predicted octanol–water partition coefficient (Wildman–Crippen LogP) is 2.18. The molecule has 1 atom stereocenters. The van der Waals surface area contributed by atoms with Gasteiger partial charge in [0.2, 0.25) is 5.91 Å². The fourth-order valence-electron chi connectivity index (χ4n) is 1.77. The number of ether oxygens (including phenoxy) is 1. The highest BCUT2D eigenvalue weighted by Crippen LogP contribution is 2.13. The third-order valence-corrected chi connectivity index (χ3v) is 3.06. The standard InChI is InChI=1S/C15H22N2O3/c1-3-11(10-16)9-14(18)17-13-7-5-12(6-8-13)15(19)20-4-2/h5-8,11H,3-4,9-10,16H2,1-2H3,(H,17,18). The average molecular weight is 278 g/mol. The summed E-state index contributed by atoms with van der Waals surface area (Å²) < 4.78 is 4.89. The van der Waals surface area contributed by atoms with E-state index in [1.54, 1.807) is 31.2 Å². The Balaban J connectivity index is 2.57. The Bertz CT molecular complexity index is 439. The van der Waals surface area contributed by atoms with E-state index in [1.165, 1.54) is 0 Å². The molecule has 0 heterocycles. The molecule has 0 bridgehead atoms. The van der Waals surface area contributed by atoms with Gasteiger partial charge in [-0.25, -0.2) is 4.79 Å². The van der Waals surface area contributed by atoms with Crippen LogP contribution >= 0.6 is 0 Å². The van der Waals surface area contributed by atoms with E-state index in [0.29, 0.717) is 30.8 Å². The molecule has 1 unspecified atom stereocenters. The number of amides is 1. The van der Waals surface area contributed by atoms with Crippen molar-refractivity contribution >= 4 is 17.6 Å². The number of carbonyl (C=O) groups is 2. The van der Waals surface area contributed by atoms with Gasteiger partial charge in [0.15, 0.2) is 0 Å². The lowest BCUT2D eigenvalue weighted by Gasteiger charge is -2.12. The summed E-state index contributed by atoms with van der Waals surface area (Å²) in [6.45, 7) is 4.62. The minimum atomic E-state index is -0.362. The van der Waals surface area contributed by atoms with Gasteiger partial charge in [0, 0.05) is 12.1 Å². The molecular weight excluding hydrogens is 256 g/mol. The van der Waals surface area contributed by atoms with E-state index in [1.807, 2.05) is 6.92 Å². The van der Waals surface area contributed by atoms with E-state index in [2.05, 4.69) is 5.32 Å². The number of rotatable bonds is 7. The molecule has 110 valence electrons. The topological polar surface area (TPSA) is 81.4 Å². The van der Waals surface area contributed by atoms with Gasteiger partial charge in [-0.1, -0.05) is 13.3 Å². The zero-order chi connectivity index (χ0) is 15.0. The summed E-state index contributed by atoms with van der Waals surface area (Å²) in [4.78, 5) is 23.3. The zero-order valence-electron chi connectivity index (χ0n) is 12.0. The summed E-state index contributed by atoms with van der Waals surface area (Å²) in [6.07, 6.45) is 1.29. The van der Waals surface area contributed by atoms with Crippen LogP contribution in [-0.2, 0) is 9.53 Å². The van der Waals surface area contributed by atoms with Gasteiger partial charge in [-0.3, -0.25) is 4.79 Å². The van der Waals surface area contributed by atoms with Crippen molar-refractivity contribution in [2.45, 2.75) is 26.7 Å². The number of hydrogen-bond donors (Lipinski definition) is 2. The Kier molecular flexibility index (Phi) is 6.73. The molecular formula is C15H22N2O3. The van der Waals surface area contributed by atoms with Gasteiger partial charge in [0.1, 0.15) is 0 Å². The number of carbonyl (C=O) groups excluding carboxylic acids is 2. The lowest BCUT2D eigenvalue weighted by molar-refractivity contribution is -0.117. The molecule has 0 radical (unpaired) electrons. The Hall–Kier alpha value is -1.88. The molecule has 5 heteroatoms. The maximum Gasteiger partial charge on any atom is 0.338 e. The minimum Gasteiger partial charge on any atom is -0.462 e. The third kappa shape index (κ3) is 5.01. The first-order valence-corrected chi connectivity index (χ1v) is 6.87. The maximum absolute atomic E-state index is 11.8. The van der Waals surface area contributed by atoms with Gasteiger partial charge in [0.25, 0.3) is 0 Å². The summed E-state index contributed by atoms with van der Waals surface area (Å²) in [7, 11) is 0. The second-order valence-corrected chi connectivity index (χ2v) is 4.56. The molecule has 1 aromatic carbocycles. The third-order valence-electron chi connectivity index (χ3n) is 3.06. The first kappa shape index (κ1) is 16.2. The van der Waals surface area contributed by atoms with Crippen LogP contribution < -0.4 is 11.1 Å². The normalized spacial score (nSPS) is 11.8. The molecule has 3 N–H and O–H groups in total. The Morgan fingerprint density at radius 1 is 1.25 bits per heavy atom. The fraction of sp³-hybridized carbons (Fsp3) is 0.467. The molecule has 1 aromatic rings. The summed E-state index contributed by atoms with van der Waals surface area (Å²) in [5.41, 5.74) is 6.71. The number of anilines is 1. The van der Waals surface area contributed by atoms with Crippen LogP contribution in [0.5, 0.6) is 0 Å². The van der Waals surface area contributed by atoms with E-state index < -0.39 is 0 Å². The molecule has 1 amide bonds. The van der Waals surface area contributed by atoms with Gasteiger partial charge in [-0.05, 0) is 43.7 Å². The van der Waals surface area contributed by atoms with E-state index in [-0.39, 0.29) is 17.8 Å². The molecule has 0 aliphatic rings. The van der Waals surface area contributed by atoms with Gasteiger partial charge < -0.3 is 15.8 Å². The molecule has 20 heavy (non-hydrogen) atoms. The van der Waals surface area contributed by atoms with Crippen molar-refractivity contribution in [3.63, 3.8) is 0 Å². The fourth-order valence-corrected chi connectivity index (χ4v) is 1.77. The monoisotopic (exact) mass is 278 g/mol. The highest BCUT2D eigenvalue weighted by Gasteiger charge is 2.11. The molecule has 0 fully saturated rings. The smallest absolute Gasteiger partial charge is 0.338 e. The molecule has 0 aromatic heterocycles. The van der Waals surface area contributed by atoms with Crippen LogP contribution in [-0.4, -0.2) is 25.0 Å². The number of nitrogens with two attached hydrogens (primary N) is 1. The second kappa shape index (κ2) is 8.32. The van der Waals surface area contributed by atoms with Crippen molar-refractivity contribution in [2.75, 3.05) is 18.5 Å². The van der Waals surface area contributed by atoms with Crippen molar-refractivity contribution in [3.8, 4) is 0 Å². The van der Waals surface area contributed by atoms with Crippen molar-refractivity contribution in [2.24, 2.45) is 11.7 Å². The van der Waals surface area contributed by atoms with E-state index >= 15 is 0 Å². The van der Waals surface area contributed by atoms with E-state index in [9.17, 15) is 9.59 Å². The number of nitrogens with one attached hydrogen (secondary N) is 1. The Labute approximate surface area is 119 Å². The summed E-state index contributed by atoms with van der Waals surface area (Å²) in [5, 5.41) is 2.79. The number of benzene rings is 1. The lowest BCUT2D eigenvalue weighted by atomic mass is 10.0. The summed E-state index contributed by atoms with van der Waals surface area (Å²) >= 11 is 0. The van der Waals surface area contributed by atoms with E-state index in [4.69, 9.17) is 10.5 Å². The van der Waals surface area contributed by atoms with Crippen molar-refractivity contribution < 1.29 is 14.3 Å². The SMILES string of the molecule is CCOC(=O)c1ccc(NC(=O)CC(CC)CN)cc1. The first-order chi connectivity index (χ1) is 9.60. The van der Waals surface area contributed by atoms with Crippen LogP contribution in [0.2, 0.25) is 0 Å². The average Bonchev–Trinajstić information content (AvgIpc) is 2.45. The van der Waals surface area contributed by atoms with Crippen molar-refractivity contribution in [1.82, 2.24) is 0 Å². The highest BCUT2D eigenvalue weighted by molar-refractivity contribution is 5.93. The van der Waals surface area contributed by atoms with Crippen LogP contribution in [0.1, 0.15) is 37.0 Å². The molecule has 5 nitrogen and oxygen atoms in total. The maximum atomic E-state index is 11.8. The predicted molar refractivity (Wildman–Crippen MR) is 78.5 cm³/mol.